The Morgan fingerprint density at radius 2 is 2.23 bits per heavy atom. The third-order valence-electron chi connectivity index (χ3n) is 2.07. The Labute approximate surface area is 82.4 Å². The molecule has 0 aromatic carbocycles. The normalized spacial score (nSPS) is 18.3. The number of hydrogen-bond donors (Lipinski definition) is 0. The van der Waals surface area contributed by atoms with Crippen LogP contribution in [0, 0.1) is 0 Å². The van der Waals surface area contributed by atoms with Crippen LogP contribution in [0.25, 0.3) is 6.08 Å². The Hall–Kier alpha value is -0.800. The predicted molar refractivity (Wildman–Crippen MR) is 55.7 cm³/mol. The Bertz CT molecular complexity index is 262. The molecular formula is C10H13NOS. The number of nitrogens with zero attached hydrogens (tertiary/aromatic N) is 1. The van der Waals surface area contributed by atoms with Crippen molar-refractivity contribution in [3.63, 3.8) is 0 Å². The molecular weight excluding hydrogens is 182 g/mol. The number of morpholine rings is 1. The molecule has 0 radical (unpaired) electrons. The maximum Gasteiger partial charge on any atom is 0.0642 e. The molecule has 0 aliphatic carbocycles. The van der Waals surface area contributed by atoms with Gasteiger partial charge in [0.2, 0.25) is 0 Å². The summed E-state index contributed by atoms with van der Waals surface area (Å²) in [5, 5.41) is 4.25. The maximum absolute atomic E-state index is 5.26. The van der Waals surface area contributed by atoms with Gasteiger partial charge < -0.3 is 9.64 Å². The van der Waals surface area contributed by atoms with Gasteiger partial charge in [-0.2, -0.15) is 11.3 Å². The van der Waals surface area contributed by atoms with E-state index in [0.717, 1.165) is 26.3 Å². The minimum absolute atomic E-state index is 0.855. The molecule has 1 saturated heterocycles. The van der Waals surface area contributed by atoms with Crippen molar-refractivity contribution in [1.29, 1.82) is 0 Å². The summed E-state index contributed by atoms with van der Waals surface area (Å²) in [6, 6.07) is 2.13. The molecule has 1 aliphatic rings. The van der Waals surface area contributed by atoms with E-state index in [1.807, 2.05) is 0 Å². The standard InChI is InChI=1S/C10H13NOS/c1(10-2-8-13-9-10)3-11-4-6-12-7-5-11/h1-3,8-9H,4-7H2/b3-1+. The van der Waals surface area contributed by atoms with E-state index >= 15 is 0 Å². The second-order valence-corrected chi connectivity index (χ2v) is 3.80. The zero-order valence-corrected chi connectivity index (χ0v) is 8.30. The number of thiophene rings is 1. The van der Waals surface area contributed by atoms with Crippen molar-refractivity contribution in [2.45, 2.75) is 0 Å². The summed E-state index contributed by atoms with van der Waals surface area (Å²) in [6.45, 7) is 3.74. The molecule has 0 saturated carbocycles. The molecule has 0 atom stereocenters. The molecule has 1 aromatic rings. The highest BCUT2D eigenvalue weighted by atomic mass is 32.1. The fraction of sp³-hybridized carbons (Fsp3) is 0.400. The minimum Gasteiger partial charge on any atom is -0.378 e. The fourth-order valence-electron chi connectivity index (χ4n) is 1.29. The Morgan fingerprint density at radius 3 is 2.92 bits per heavy atom. The first kappa shape index (κ1) is 8.78. The molecule has 0 amide bonds. The summed E-state index contributed by atoms with van der Waals surface area (Å²) < 4.78 is 5.26. The number of rotatable bonds is 2. The lowest BCUT2D eigenvalue weighted by molar-refractivity contribution is 0.0597. The van der Waals surface area contributed by atoms with Crippen LogP contribution in [0.15, 0.2) is 23.0 Å². The number of ether oxygens (including phenoxy) is 1. The van der Waals surface area contributed by atoms with Crippen LogP contribution in [0.2, 0.25) is 0 Å². The highest BCUT2D eigenvalue weighted by Crippen LogP contribution is 2.08. The van der Waals surface area contributed by atoms with Crippen LogP contribution >= 0.6 is 11.3 Å². The van der Waals surface area contributed by atoms with Crippen molar-refractivity contribution in [3.8, 4) is 0 Å². The second kappa shape index (κ2) is 4.44. The van der Waals surface area contributed by atoms with Gasteiger partial charge in [0.1, 0.15) is 0 Å². The third-order valence-corrected chi connectivity index (χ3v) is 2.77. The molecule has 0 N–H and O–H groups in total. The zero-order chi connectivity index (χ0) is 8.93. The monoisotopic (exact) mass is 195 g/mol. The molecule has 1 fully saturated rings. The van der Waals surface area contributed by atoms with Crippen molar-refractivity contribution in [1.82, 2.24) is 4.90 Å². The summed E-state index contributed by atoms with van der Waals surface area (Å²) >= 11 is 1.73. The van der Waals surface area contributed by atoms with Gasteiger partial charge in [-0.25, -0.2) is 0 Å². The van der Waals surface area contributed by atoms with Gasteiger partial charge in [0, 0.05) is 13.1 Å². The smallest absolute Gasteiger partial charge is 0.0642 e. The molecule has 0 bridgehead atoms. The summed E-state index contributed by atoms with van der Waals surface area (Å²) in [4.78, 5) is 2.29. The van der Waals surface area contributed by atoms with E-state index in [1.165, 1.54) is 5.56 Å². The van der Waals surface area contributed by atoms with Crippen LogP contribution in [-0.2, 0) is 4.74 Å². The van der Waals surface area contributed by atoms with E-state index in [0.29, 0.717) is 0 Å². The van der Waals surface area contributed by atoms with Crippen LogP contribution in [0.4, 0.5) is 0 Å². The molecule has 0 spiro atoms. The molecule has 2 rings (SSSR count). The lowest BCUT2D eigenvalue weighted by atomic mass is 10.3. The van der Waals surface area contributed by atoms with Crippen LogP contribution in [0.5, 0.6) is 0 Å². The molecule has 1 aromatic heterocycles. The van der Waals surface area contributed by atoms with E-state index in [9.17, 15) is 0 Å². The van der Waals surface area contributed by atoms with Crippen molar-refractivity contribution >= 4 is 17.4 Å². The van der Waals surface area contributed by atoms with Crippen LogP contribution in [-0.4, -0.2) is 31.2 Å². The molecule has 2 heterocycles. The van der Waals surface area contributed by atoms with Gasteiger partial charge >= 0.3 is 0 Å². The summed E-state index contributed by atoms with van der Waals surface area (Å²) in [5.41, 5.74) is 1.29. The first-order valence-corrected chi connectivity index (χ1v) is 5.41. The van der Waals surface area contributed by atoms with E-state index < -0.39 is 0 Å². The fourth-order valence-corrected chi connectivity index (χ4v) is 1.92. The first-order valence-electron chi connectivity index (χ1n) is 4.47. The third kappa shape index (κ3) is 2.57. The van der Waals surface area contributed by atoms with E-state index in [-0.39, 0.29) is 0 Å². The molecule has 2 nitrogen and oxygen atoms in total. The minimum atomic E-state index is 0.855. The molecule has 0 unspecified atom stereocenters. The van der Waals surface area contributed by atoms with Crippen LogP contribution in [0.3, 0.4) is 0 Å². The number of hydrogen-bond acceptors (Lipinski definition) is 3. The Morgan fingerprint density at radius 1 is 1.38 bits per heavy atom. The lowest BCUT2D eigenvalue weighted by Crippen LogP contribution is -2.31. The van der Waals surface area contributed by atoms with Crippen LogP contribution < -0.4 is 0 Å². The van der Waals surface area contributed by atoms with E-state index in [2.05, 4.69) is 34.0 Å². The topological polar surface area (TPSA) is 12.5 Å². The van der Waals surface area contributed by atoms with Gasteiger partial charge in [-0.3, -0.25) is 0 Å². The molecule has 13 heavy (non-hydrogen) atoms. The lowest BCUT2D eigenvalue weighted by Gasteiger charge is -2.24. The Balaban J connectivity index is 1.89. The first-order chi connectivity index (χ1) is 6.45. The summed E-state index contributed by atoms with van der Waals surface area (Å²) in [6.07, 6.45) is 4.31. The van der Waals surface area contributed by atoms with E-state index in [1.54, 1.807) is 11.3 Å². The van der Waals surface area contributed by atoms with Gasteiger partial charge in [-0.15, -0.1) is 0 Å². The van der Waals surface area contributed by atoms with Gasteiger partial charge in [-0.05, 0) is 34.7 Å². The highest BCUT2D eigenvalue weighted by molar-refractivity contribution is 7.08. The quantitative estimate of drug-likeness (QED) is 0.716. The molecule has 70 valence electrons. The highest BCUT2D eigenvalue weighted by Gasteiger charge is 2.04. The summed E-state index contributed by atoms with van der Waals surface area (Å²) in [5.74, 6) is 0. The van der Waals surface area contributed by atoms with Gasteiger partial charge in [-0.1, -0.05) is 0 Å². The van der Waals surface area contributed by atoms with Crippen molar-refractivity contribution < 1.29 is 4.74 Å². The molecule has 1 aliphatic heterocycles. The van der Waals surface area contributed by atoms with Gasteiger partial charge in [0.05, 0.1) is 13.2 Å². The second-order valence-electron chi connectivity index (χ2n) is 3.02. The van der Waals surface area contributed by atoms with Crippen molar-refractivity contribution in [2.75, 3.05) is 26.3 Å². The predicted octanol–water partition coefficient (Wildman–Crippen LogP) is 2.05. The average Bonchev–Trinajstić information content (AvgIpc) is 2.69. The average molecular weight is 195 g/mol. The zero-order valence-electron chi connectivity index (χ0n) is 7.48. The van der Waals surface area contributed by atoms with Crippen molar-refractivity contribution in [3.05, 3.63) is 28.6 Å². The molecule has 3 heteroatoms. The maximum atomic E-state index is 5.26. The SMILES string of the molecule is C(=C\N1CCOCC1)/c1ccsc1. The van der Waals surface area contributed by atoms with Gasteiger partial charge in [0.25, 0.3) is 0 Å². The Kier molecular flexibility index (Phi) is 3.00. The van der Waals surface area contributed by atoms with Crippen molar-refractivity contribution in [2.24, 2.45) is 0 Å². The largest absolute Gasteiger partial charge is 0.378 e. The van der Waals surface area contributed by atoms with E-state index in [4.69, 9.17) is 4.74 Å². The van der Waals surface area contributed by atoms with Crippen LogP contribution in [0.1, 0.15) is 5.56 Å². The summed E-state index contributed by atoms with van der Waals surface area (Å²) in [7, 11) is 0. The van der Waals surface area contributed by atoms with Gasteiger partial charge in [0.15, 0.2) is 0 Å².